The Labute approximate surface area is 170 Å². The lowest BCUT2D eigenvalue weighted by Crippen LogP contribution is -2.46. The maximum Gasteiger partial charge on any atom is 0.154 e. The third kappa shape index (κ3) is 3.53. The van der Waals surface area contributed by atoms with E-state index in [1.165, 1.54) is 23.5 Å². The summed E-state index contributed by atoms with van der Waals surface area (Å²) in [6.45, 7) is 11.6. The van der Waals surface area contributed by atoms with Crippen LogP contribution in [0.2, 0.25) is 0 Å². The molecule has 0 spiro atoms. The molecule has 0 atom stereocenters. The highest BCUT2D eigenvalue weighted by Gasteiger charge is 2.27. The van der Waals surface area contributed by atoms with Gasteiger partial charge in [0.05, 0.1) is 16.4 Å². The van der Waals surface area contributed by atoms with Crippen LogP contribution in [0.1, 0.15) is 55.9 Å². The quantitative estimate of drug-likeness (QED) is 0.673. The first-order chi connectivity index (χ1) is 13.5. The predicted octanol–water partition coefficient (Wildman–Crippen LogP) is 3.68. The van der Waals surface area contributed by atoms with Gasteiger partial charge in [0.1, 0.15) is 5.52 Å². The van der Waals surface area contributed by atoms with E-state index in [0.717, 1.165) is 55.7 Å². The van der Waals surface area contributed by atoms with Crippen LogP contribution >= 0.6 is 11.3 Å². The van der Waals surface area contributed by atoms with Gasteiger partial charge in [-0.15, -0.1) is 11.3 Å². The van der Waals surface area contributed by atoms with Gasteiger partial charge in [-0.05, 0) is 18.9 Å². The summed E-state index contributed by atoms with van der Waals surface area (Å²) in [6, 6.07) is 2.20. The molecule has 4 heterocycles. The van der Waals surface area contributed by atoms with Crippen molar-refractivity contribution in [3.05, 3.63) is 40.2 Å². The average Bonchev–Trinajstić information content (AvgIpc) is 3.24. The van der Waals surface area contributed by atoms with Gasteiger partial charge in [-0.1, -0.05) is 20.8 Å². The van der Waals surface area contributed by atoms with Gasteiger partial charge in [0, 0.05) is 61.8 Å². The Morgan fingerprint density at radius 1 is 1.14 bits per heavy atom. The normalized spacial score (nSPS) is 18.9. The molecular weight excluding hydrogens is 368 g/mol. The van der Waals surface area contributed by atoms with Crippen LogP contribution in [0.5, 0.6) is 0 Å². The van der Waals surface area contributed by atoms with Gasteiger partial charge < -0.3 is 4.90 Å². The standard InChI is InChI=1S/C21H28N6S/c1-21(2,3)18-12-17-19(22-6-7-27(17)24-18)26-10-8-25(9-11-26)13-16-14-28-20(23-16)15-4-5-15/h6-7,12,14-15H,4-5,8-11,13H2,1-3H3. The average molecular weight is 397 g/mol. The van der Waals surface area contributed by atoms with Crippen molar-refractivity contribution in [3.8, 4) is 0 Å². The predicted molar refractivity (Wildman–Crippen MR) is 113 cm³/mol. The van der Waals surface area contributed by atoms with E-state index >= 15 is 0 Å². The summed E-state index contributed by atoms with van der Waals surface area (Å²) >= 11 is 1.84. The second-order valence-corrected chi connectivity index (χ2v) is 9.96. The minimum Gasteiger partial charge on any atom is -0.352 e. The highest BCUT2D eigenvalue weighted by atomic mass is 32.1. The van der Waals surface area contributed by atoms with Gasteiger partial charge in [0.2, 0.25) is 0 Å². The van der Waals surface area contributed by atoms with E-state index < -0.39 is 0 Å². The lowest BCUT2D eigenvalue weighted by molar-refractivity contribution is 0.247. The Morgan fingerprint density at radius 2 is 1.93 bits per heavy atom. The van der Waals surface area contributed by atoms with Crippen molar-refractivity contribution in [2.24, 2.45) is 0 Å². The highest BCUT2D eigenvalue weighted by Crippen LogP contribution is 2.41. The van der Waals surface area contributed by atoms with Gasteiger partial charge in [0.25, 0.3) is 0 Å². The fourth-order valence-electron chi connectivity index (χ4n) is 3.78. The first-order valence-corrected chi connectivity index (χ1v) is 11.1. The second kappa shape index (κ2) is 6.81. The molecule has 0 radical (unpaired) electrons. The molecule has 1 saturated heterocycles. The van der Waals surface area contributed by atoms with Crippen molar-refractivity contribution in [3.63, 3.8) is 0 Å². The van der Waals surface area contributed by atoms with E-state index in [1.807, 2.05) is 28.2 Å². The SMILES string of the molecule is CC(C)(C)c1cc2c(N3CCN(Cc4csc(C5CC5)n4)CC3)nccn2n1. The summed E-state index contributed by atoms with van der Waals surface area (Å²) < 4.78 is 1.98. The van der Waals surface area contributed by atoms with Crippen LogP contribution in [0, 0.1) is 0 Å². The first-order valence-electron chi connectivity index (χ1n) is 10.2. The second-order valence-electron chi connectivity index (χ2n) is 9.07. The van der Waals surface area contributed by atoms with Crippen molar-refractivity contribution < 1.29 is 0 Å². The van der Waals surface area contributed by atoms with Crippen LogP contribution in [0.4, 0.5) is 5.82 Å². The third-order valence-corrected chi connectivity index (χ3v) is 6.75. The van der Waals surface area contributed by atoms with Crippen LogP contribution in [-0.4, -0.2) is 50.7 Å². The van der Waals surface area contributed by atoms with Crippen molar-refractivity contribution >= 4 is 22.7 Å². The Hall–Kier alpha value is -1.99. The molecule has 2 fully saturated rings. The van der Waals surface area contributed by atoms with Gasteiger partial charge in [-0.25, -0.2) is 14.5 Å². The van der Waals surface area contributed by atoms with Crippen molar-refractivity contribution in [2.45, 2.75) is 51.5 Å². The van der Waals surface area contributed by atoms with E-state index in [-0.39, 0.29) is 5.41 Å². The van der Waals surface area contributed by atoms with Crippen molar-refractivity contribution in [2.75, 3.05) is 31.1 Å². The number of fused-ring (bicyclic) bond motifs is 1. The molecule has 148 valence electrons. The number of thiazole rings is 1. The largest absolute Gasteiger partial charge is 0.352 e. The molecule has 3 aromatic heterocycles. The molecule has 0 bridgehead atoms. The van der Waals surface area contributed by atoms with Crippen LogP contribution < -0.4 is 4.90 Å². The van der Waals surface area contributed by atoms with Crippen LogP contribution in [0.3, 0.4) is 0 Å². The van der Waals surface area contributed by atoms with Gasteiger partial charge >= 0.3 is 0 Å². The first kappa shape index (κ1) is 18.1. The molecular formula is C21H28N6S. The maximum atomic E-state index is 4.85. The van der Waals surface area contributed by atoms with Crippen LogP contribution in [-0.2, 0) is 12.0 Å². The zero-order chi connectivity index (χ0) is 19.3. The molecule has 0 amide bonds. The van der Waals surface area contributed by atoms with Crippen molar-refractivity contribution in [1.82, 2.24) is 24.5 Å². The van der Waals surface area contributed by atoms with Crippen molar-refractivity contribution in [1.29, 1.82) is 0 Å². The topological polar surface area (TPSA) is 49.6 Å². The summed E-state index contributed by atoms with van der Waals surface area (Å²) in [4.78, 5) is 14.5. The van der Waals surface area contributed by atoms with E-state index in [4.69, 9.17) is 15.1 Å². The molecule has 0 N–H and O–H groups in total. The Bertz CT molecular complexity index is 972. The van der Waals surface area contributed by atoms with Crippen LogP contribution in [0.25, 0.3) is 5.52 Å². The number of aromatic nitrogens is 4. The lowest BCUT2D eigenvalue weighted by Gasteiger charge is -2.35. The monoisotopic (exact) mass is 396 g/mol. The third-order valence-electron chi connectivity index (χ3n) is 5.69. The minimum absolute atomic E-state index is 0.0365. The Kier molecular flexibility index (Phi) is 4.39. The van der Waals surface area contributed by atoms with E-state index in [2.05, 4.69) is 42.0 Å². The molecule has 28 heavy (non-hydrogen) atoms. The molecule has 0 aromatic carbocycles. The number of anilines is 1. The van der Waals surface area contributed by atoms with Gasteiger partial charge in [-0.3, -0.25) is 4.90 Å². The zero-order valence-corrected chi connectivity index (χ0v) is 17.7. The Morgan fingerprint density at radius 3 is 2.64 bits per heavy atom. The fourth-order valence-corrected chi connectivity index (χ4v) is 4.76. The smallest absolute Gasteiger partial charge is 0.154 e. The molecule has 3 aromatic rings. The van der Waals surface area contributed by atoms with Gasteiger partial charge in [0.15, 0.2) is 5.82 Å². The maximum absolute atomic E-state index is 4.85. The minimum atomic E-state index is 0.0365. The summed E-state index contributed by atoms with van der Waals surface area (Å²) in [6.07, 6.45) is 6.47. The van der Waals surface area contributed by atoms with E-state index in [0.29, 0.717) is 0 Å². The number of hydrogen-bond donors (Lipinski definition) is 0. The summed E-state index contributed by atoms with van der Waals surface area (Å²) in [5, 5.41) is 8.36. The molecule has 2 aliphatic rings. The molecule has 1 aliphatic heterocycles. The molecule has 6 nitrogen and oxygen atoms in total. The number of rotatable bonds is 4. The zero-order valence-electron chi connectivity index (χ0n) is 16.9. The molecule has 0 unspecified atom stereocenters. The van der Waals surface area contributed by atoms with Gasteiger partial charge in [-0.2, -0.15) is 5.10 Å². The Balaban J connectivity index is 1.27. The van der Waals surface area contributed by atoms with Crippen LogP contribution in [0.15, 0.2) is 23.8 Å². The number of nitrogens with zero attached hydrogens (tertiary/aromatic N) is 6. The molecule has 5 rings (SSSR count). The number of piperazine rings is 1. The summed E-state index contributed by atoms with van der Waals surface area (Å²) in [7, 11) is 0. The summed E-state index contributed by atoms with van der Waals surface area (Å²) in [5.41, 5.74) is 3.49. The number of hydrogen-bond acceptors (Lipinski definition) is 6. The molecule has 1 aliphatic carbocycles. The lowest BCUT2D eigenvalue weighted by atomic mass is 9.92. The highest BCUT2D eigenvalue weighted by molar-refractivity contribution is 7.09. The molecule has 7 heteroatoms. The van der Waals surface area contributed by atoms with E-state index in [1.54, 1.807) is 0 Å². The molecule has 1 saturated carbocycles. The summed E-state index contributed by atoms with van der Waals surface area (Å²) in [5.74, 6) is 1.81. The van der Waals surface area contributed by atoms with E-state index in [9.17, 15) is 0 Å². The fraction of sp³-hybridized carbons (Fsp3) is 0.571.